The van der Waals surface area contributed by atoms with Gasteiger partial charge in [0.25, 0.3) is 0 Å². The molecule has 2 aliphatic heterocycles. The highest BCUT2D eigenvalue weighted by atomic mass is 16.5. The van der Waals surface area contributed by atoms with Gasteiger partial charge in [-0.2, -0.15) is 4.98 Å². The fourth-order valence-electron chi connectivity index (χ4n) is 2.90. The summed E-state index contributed by atoms with van der Waals surface area (Å²) in [5, 5.41) is 7.40. The maximum absolute atomic E-state index is 5.91. The van der Waals surface area contributed by atoms with Crippen LogP contribution in [0.25, 0.3) is 0 Å². The molecule has 3 heterocycles. The van der Waals surface area contributed by atoms with Gasteiger partial charge in [-0.25, -0.2) is 0 Å². The number of hydrogen-bond donors (Lipinski definition) is 2. The molecule has 2 aliphatic rings. The van der Waals surface area contributed by atoms with Crippen molar-refractivity contribution in [2.45, 2.75) is 44.2 Å². The van der Waals surface area contributed by atoms with Gasteiger partial charge in [-0.3, -0.25) is 5.10 Å². The van der Waals surface area contributed by atoms with E-state index < -0.39 is 0 Å². The van der Waals surface area contributed by atoms with E-state index in [9.17, 15) is 0 Å². The fraction of sp³-hybridized carbons (Fsp3) is 0.833. The lowest BCUT2D eigenvalue weighted by molar-refractivity contribution is 0.0995. The van der Waals surface area contributed by atoms with E-state index in [0.717, 1.165) is 50.7 Å². The molecule has 0 spiro atoms. The van der Waals surface area contributed by atoms with Gasteiger partial charge < -0.3 is 15.4 Å². The molecule has 3 atom stereocenters. The summed E-state index contributed by atoms with van der Waals surface area (Å²) in [4.78, 5) is 6.78. The normalized spacial score (nSPS) is 32.3. The number of nitrogens with one attached hydrogen (secondary N) is 1. The summed E-state index contributed by atoms with van der Waals surface area (Å²) in [6, 6.07) is 0.255. The molecule has 0 bridgehead atoms. The summed E-state index contributed by atoms with van der Waals surface area (Å²) < 4.78 is 5.70. The molecule has 1 aromatic heterocycles. The van der Waals surface area contributed by atoms with Crippen molar-refractivity contribution >= 4 is 5.95 Å². The van der Waals surface area contributed by atoms with Gasteiger partial charge >= 0.3 is 0 Å². The van der Waals surface area contributed by atoms with Crippen molar-refractivity contribution in [2.24, 2.45) is 5.73 Å². The first kappa shape index (κ1) is 11.9. The van der Waals surface area contributed by atoms with Gasteiger partial charge in [0.1, 0.15) is 5.82 Å². The smallest absolute Gasteiger partial charge is 0.244 e. The van der Waals surface area contributed by atoms with E-state index in [4.69, 9.17) is 10.5 Å². The lowest BCUT2D eigenvalue weighted by atomic mass is 9.99. The van der Waals surface area contributed by atoms with Crippen LogP contribution in [0.5, 0.6) is 0 Å². The SMILES string of the molecule is CCC1OCCC1c1nc(N2CCC(N)C2)n[nH]1. The first-order chi connectivity index (χ1) is 8.78. The van der Waals surface area contributed by atoms with E-state index in [1.165, 1.54) is 0 Å². The van der Waals surface area contributed by atoms with Gasteiger partial charge in [0.2, 0.25) is 5.95 Å². The second-order valence-corrected chi connectivity index (χ2v) is 5.23. The molecule has 6 heteroatoms. The number of aromatic nitrogens is 3. The third-order valence-electron chi connectivity index (χ3n) is 3.96. The topological polar surface area (TPSA) is 80.1 Å². The number of ether oxygens (including phenoxy) is 1. The Kier molecular flexibility index (Phi) is 3.22. The summed E-state index contributed by atoms with van der Waals surface area (Å²) in [5.74, 6) is 2.13. The minimum absolute atomic E-state index is 0.255. The Morgan fingerprint density at radius 1 is 1.50 bits per heavy atom. The van der Waals surface area contributed by atoms with E-state index >= 15 is 0 Å². The molecule has 1 aromatic rings. The van der Waals surface area contributed by atoms with Crippen LogP contribution >= 0.6 is 0 Å². The average Bonchev–Trinajstić information content (AvgIpc) is 3.07. The van der Waals surface area contributed by atoms with Crippen molar-refractivity contribution in [3.05, 3.63) is 5.82 Å². The zero-order valence-corrected chi connectivity index (χ0v) is 10.8. The summed E-state index contributed by atoms with van der Waals surface area (Å²) in [6.07, 6.45) is 3.36. The quantitative estimate of drug-likeness (QED) is 0.823. The highest BCUT2D eigenvalue weighted by Gasteiger charge is 2.32. The highest BCUT2D eigenvalue weighted by molar-refractivity contribution is 5.32. The molecular weight excluding hydrogens is 230 g/mol. The second-order valence-electron chi connectivity index (χ2n) is 5.23. The maximum atomic E-state index is 5.91. The molecule has 0 aliphatic carbocycles. The Balaban J connectivity index is 1.73. The third-order valence-corrected chi connectivity index (χ3v) is 3.96. The Bertz CT molecular complexity index is 407. The summed E-state index contributed by atoms with van der Waals surface area (Å²) in [5.41, 5.74) is 5.91. The minimum atomic E-state index is 0.255. The first-order valence-corrected chi connectivity index (χ1v) is 6.82. The van der Waals surface area contributed by atoms with Gasteiger partial charge in [0.15, 0.2) is 0 Å². The van der Waals surface area contributed by atoms with Crippen molar-refractivity contribution < 1.29 is 4.74 Å². The summed E-state index contributed by atoms with van der Waals surface area (Å²) in [6.45, 7) is 4.79. The Hall–Kier alpha value is -1.14. The minimum Gasteiger partial charge on any atom is -0.377 e. The van der Waals surface area contributed by atoms with E-state index in [-0.39, 0.29) is 12.1 Å². The Labute approximate surface area is 107 Å². The summed E-state index contributed by atoms with van der Waals surface area (Å²) >= 11 is 0. The number of nitrogens with two attached hydrogens (primary N) is 1. The van der Waals surface area contributed by atoms with E-state index in [1.54, 1.807) is 0 Å². The molecule has 3 unspecified atom stereocenters. The van der Waals surface area contributed by atoms with Crippen LogP contribution in [-0.4, -0.2) is 47.0 Å². The predicted molar refractivity (Wildman–Crippen MR) is 68.6 cm³/mol. The van der Waals surface area contributed by atoms with Crippen LogP contribution in [0.15, 0.2) is 0 Å². The monoisotopic (exact) mass is 251 g/mol. The zero-order chi connectivity index (χ0) is 12.5. The van der Waals surface area contributed by atoms with Crippen molar-refractivity contribution in [1.82, 2.24) is 15.2 Å². The molecule has 18 heavy (non-hydrogen) atoms. The van der Waals surface area contributed by atoms with Crippen molar-refractivity contribution in [3.8, 4) is 0 Å². The summed E-state index contributed by atoms with van der Waals surface area (Å²) in [7, 11) is 0. The van der Waals surface area contributed by atoms with Crippen molar-refractivity contribution in [3.63, 3.8) is 0 Å². The van der Waals surface area contributed by atoms with Gasteiger partial charge in [-0.15, -0.1) is 5.10 Å². The molecule has 6 nitrogen and oxygen atoms in total. The molecule has 0 aromatic carbocycles. The Morgan fingerprint density at radius 2 is 2.39 bits per heavy atom. The Morgan fingerprint density at radius 3 is 3.11 bits per heavy atom. The molecule has 100 valence electrons. The number of nitrogens with zero attached hydrogens (tertiary/aromatic N) is 3. The number of H-pyrrole nitrogens is 1. The molecule has 3 N–H and O–H groups in total. The molecule has 0 amide bonds. The lowest BCUT2D eigenvalue weighted by Crippen LogP contribution is -2.27. The van der Waals surface area contributed by atoms with Crippen LogP contribution < -0.4 is 10.6 Å². The van der Waals surface area contributed by atoms with Gasteiger partial charge in [-0.1, -0.05) is 6.92 Å². The second kappa shape index (κ2) is 4.85. The molecule has 3 rings (SSSR count). The zero-order valence-electron chi connectivity index (χ0n) is 10.8. The van der Waals surface area contributed by atoms with Crippen LogP contribution in [0.1, 0.15) is 37.9 Å². The van der Waals surface area contributed by atoms with Crippen LogP contribution in [0, 0.1) is 0 Å². The van der Waals surface area contributed by atoms with Crippen LogP contribution in [0.2, 0.25) is 0 Å². The van der Waals surface area contributed by atoms with Crippen LogP contribution in [0.4, 0.5) is 5.95 Å². The first-order valence-electron chi connectivity index (χ1n) is 6.82. The molecular formula is C12H21N5O. The highest BCUT2D eigenvalue weighted by Crippen LogP contribution is 2.31. The van der Waals surface area contributed by atoms with Crippen molar-refractivity contribution in [2.75, 3.05) is 24.6 Å². The molecule has 2 saturated heterocycles. The fourth-order valence-corrected chi connectivity index (χ4v) is 2.90. The predicted octanol–water partition coefficient (Wildman–Crippen LogP) is 0.625. The maximum Gasteiger partial charge on any atom is 0.244 e. The third kappa shape index (κ3) is 2.10. The largest absolute Gasteiger partial charge is 0.377 e. The van der Waals surface area contributed by atoms with Gasteiger partial charge in [0, 0.05) is 31.7 Å². The number of aromatic amines is 1. The van der Waals surface area contributed by atoms with Crippen molar-refractivity contribution in [1.29, 1.82) is 0 Å². The van der Waals surface area contributed by atoms with Gasteiger partial charge in [0.05, 0.1) is 6.10 Å². The molecule has 0 saturated carbocycles. The van der Waals surface area contributed by atoms with E-state index in [0.29, 0.717) is 5.92 Å². The number of rotatable bonds is 3. The van der Waals surface area contributed by atoms with E-state index in [2.05, 4.69) is 27.0 Å². The number of anilines is 1. The van der Waals surface area contributed by atoms with Crippen LogP contribution in [-0.2, 0) is 4.74 Å². The number of hydrogen-bond acceptors (Lipinski definition) is 5. The standard InChI is InChI=1S/C12H21N5O/c1-2-10-9(4-6-18-10)11-14-12(16-15-11)17-5-3-8(13)7-17/h8-10H,2-7,13H2,1H3,(H,14,15,16). The van der Waals surface area contributed by atoms with Crippen LogP contribution in [0.3, 0.4) is 0 Å². The van der Waals surface area contributed by atoms with Gasteiger partial charge in [-0.05, 0) is 19.3 Å². The van der Waals surface area contributed by atoms with E-state index in [1.807, 2.05) is 0 Å². The molecule has 0 radical (unpaired) electrons. The average molecular weight is 251 g/mol. The molecule has 2 fully saturated rings. The lowest BCUT2D eigenvalue weighted by Gasteiger charge is -2.14.